The largest absolute Gasteiger partial charge is 0.472 e. The van der Waals surface area contributed by atoms with E-state index in [2.05, 4.69) is 27.2 Å². The number of rotatable bonds is 5. The van der Waals surface area contributed by atoms with Crippen LogP contribution in [0.4, 0.5) is 0 Å². The van der Waals surface area contributed by atoms with Crippen molar-refractivity contribution in [2.75, 3.05) is 13.1 Å². The summed E-state index contributed by atoms with van der Waals surface area (Å²) in [6, 6.07) is 6.10. The smallest absolute Gasteiger partial charge is 0.0969 e. The summed E-state index contributed by atoms with van der Waals surface area (Å²) >= 11 is 0. The van der Waals surface area contributed by atoms with E-state index in [1.54, 1.807) is 6.26 Å². The molecule has 0 amide bonds. The highest BCUT2D eigenvalue weighted by Gasteiger charge is 2.28. The minimum Gasteiger partial charge on any atom is -0.472 e. The van der Waals surface area contributed by atoms with Gasteiger partial charge in [-0.15, -0.1) is 0 Å². The summed E-state index contributed by atoms with van der Waals surface area (Å²) in [5.41, 5.74) is 4.77. The molecule has 4 heterocycles. The van der Waals surface area contributed by atoms with Crippen molar-refractivity contribution in [2.24, 2.45) is 13.0 Å². The lowest BCUT2D eigenvalue weighted by Gasteiger charge is -2.39. The zero-order valence-corrected chi connectivity index (χ0v) is 13.2. The lowest BCUT2D eigenvalue weighted by Crippen LogP contribution is -2.46. The van der Waals surface area contributed by atoms with Crippen LogP contribution in [0.25, 0.3) is 11.3 Å². The van der Waals surface area contributed by atoms with Crippen LogP contribution in [0.2, 0.25) is 0 Å². The predicted octanol–water partition coefficient (Wildman–Crippen LogP) is 2.75. The Morgan fingerprint density at radius 3 is 2.78 bits per heavy atom. The topological polar surface area (TPSA) is 47.1 Å². The minimum absolute atomic E-state index is 0.730. The van der Waals surface area contributed by atoms with E-state index in [0.717, 1.165) is 43.2 Å². The zero-order valence-electron chi connectivity index (χ0n) is 13.2. The maximum Gasteiger partial charge on any atom is 0.0969 e. The first-order valence-electron chi connectivity index (χ1n) is 7.94. The fourth-order valence-corrected chi connectivity index (χ4v) is 3.32. The molecule has 0 N–H and O–H groups in total. The first-order valence-corrected chi connectivity index (χ1v) is 7.94. The van der Waals surface area contributed by atoms with Crippen molar-refractivity contribution in [3.63, 3.8) is 0 Å². The first kappa shape index (κ1) is 14.2. The molecule has 1 saturated heterocycles. The second-order valence-electron chi connectivity index (χ2n) is 6.31. The van der Waals surface area contributed by atoms with Gasteiger partial charge in [0.25, 0.3) is 0 Å². The number of hydrogen-bond acceptors (Lipinski definition) is 4. The van der Waals surface area contributed by atoms with Crippen molar-refractivity contribution in [3.8, 4) is 11.3 Å². The second-order valence-corrected chi connectivity index (χ2v) is 6.31. The summed E-state index contributed by atoms with van der Waals surface area (Å²) in [5, 5.41) is 4.62. The summed E-state index contributed by atoms with van der Waals surface area (Å²) in [4.78, 5) is 6.57. The average Bonchev–Trinajstić information content (AvgIpc) is 3.15. The van der Waals surface area contributed by atoms with Crippen LogP contribution in [-0.4, -0.2) is 32.8 Å². The van der Waals surface area contributed by atoms with Crippen molar-refractivity contribution in [1.29, 1.82) is 0 Å². The molecule has 1 fully saturated rings. The van der Waals surface area contributed by atoms with E-state index in [-0.39, 0.29) is 0 Å². The Labute approximate surface area is 135 Å². The van der Waals surface area contributed by atoms with Crippen LogP contribution in [0.1, 0.15) is 11.1 Å². The second kappa shape index (κ2) is 6.01. The van der Waals surface area contributed by atoms with E-state index in [1.165, 1.54) is 11.1 Å². The van der Waals surface area contributed by atoms with Crippen LogP contribution in [0.5, 0.6) is 0 Å². The van der Waals surface area contributed by atoms with Crippen LogP contribution in [-0.2, 0) is 20.0 Å². The molecular formula is C18H20N4O. The lowest BCUT2D eigenvalue weighted by atomic mass is 9.93. The summed E-state index contributed by atoms with van der Waals surface area (Å²) in [6.07, 6.45) is 10.5. The number of aromatic nitrogens is 3. The van der Waals surface area contributed by atoms with Crippen molar-refractivity contribution in [1.82, 2.24) is 19.7 Å². The van der Waals surface area contributed by atoms with E-state index in [1.807, 2.05) is 42.5 Å². The molecule has 4 rings (SSSR count). The Balaban J connectivity index is 1.41. The van der Waals surface area contributed by atoms with E-state index in [4.69, 9.17) is 4.42 Å². The maximum atomic E-state index is 5.14. The van der Waals surface area contributed by atoms with Crippen LogP contribution in [0.3, 0.4) is 0 Å². The van der Waals surface area contributed by atoms with E-state index >= 15 is 0 Å². The fourth-order valence-electron chi connectivity index (χ4n) is 3.32. The third-order valence-corrected chi connectivity index (χ3v) is 4.39. The third-order valence-electron chi connectivity index (χ3n) is 4.39. The normalized spacial score (nSPS) is 15.7. The Hall–Kier alpha value is -2.40. The SMILES string of the molecule is Cn1cc(CN2CC(Cc3ccoc3)C2)c(-c2ccncc2)n1. The van der Waals surface area contributed by atoms with E-state index in [0.29, 0.717) is 0 Å². The highest BCUT2D eigenvalue weighted by molar-refractivity contribution is 5.61. The molecule has 0 radical (unpaired) electrons. The van der Waals surface area contributed by atoms with Gasteiger partial charge in [0.1, 0.15) is 0 Å². The molecular weight excluding hydrogens is 288 g/mol. The number of hydrogen-bond donors (Lipinski definition) is 0. The number of nitrogens with zero attached hydrogens (tertiary/aromatic N) is 4. The molecule has 0 saturated carbocycles. The molecule has 5 heteroatoms. The summed E-state index contributed by atoms with van der Waals surface area (Å²) in [6.45, 7) is 3.22. The van der Waals surface area contributed by atoms with Crippen LogP contribution in [0.15, 0.2) is 53.7 Å². The molecule has 0 aliphatic carbocycles. The number of pyridine rings is 1. The molecule has 1 aliphatic rings. The molecule has 3 aromatic heterocycles. The summed E-state index contributed by atoms with van der Waals surface area (Å²) < 4.78 is 7.04. The van der Waals surface area contributed by atoms with Crippen molar-refractivity contribution >= 4 is 0 Å². The first-order chi connectivity index (χ1) is 11.3. The van der Waals surface area contributed by atoms with Gasteiger partial charge in [-0.1, -0.05) is 0 Å². The fraction of sp³-hybridized carbons (Fsp3) is 0.333. The molecule has 0 aromatic carbocycles. The predicted molar refractivity (Wildman–Crippen MR) is 87.6 cm³/mol. The Kier molecular flexibility index (Phi) is 3.71. The van der Waals surface area contributed by atoms with Gasteiger partial charge in [0, 0.05) is 56.4 Å². The molecule has 23 heavy (non-hydrogen) atoms. The van der Waals surface area contributed by atoms with E-state index < -0.39 is 0 Å². The van der Waals surface area contributed by atoms with Gasteiger partial charge >= 0.3 is 0 Å². The monoisotopic (exact) mass is 308 g/mol. The van der Waals surface area contributed by atoms with Crippen LogP contribution < -0.4 is 0 Å². The van der Waals surface area contributed by atoms with Gasteiger partial charge in [-0.25, -0.2) is 0 Å². The van der Waals surface area contributed by atoms with Gasteiger partial charge in [0.05, 0.1) is 18.2 Å². The molecule has 0 unspecified atom stereocenters. The minimum atomic E-state index is 0.730. The highest BCUT2D eigenvalue weighted by Crippen LogP contribution is 2.27. The Morgan fingerprint density at radius 2 is 2.04 bits per heavy atom. The third kappa shape index (κ3) is 3.05. The van der Waals surface area contributed by atoms with Gasteiger partial charge in [-0.05, 0) is 36.1 Å². The molecule has 1 aliphatic heterocycles. The Morgan fingerprint density at radius 1 is 1.22 bits per heavy atom. The Bertz CT molecular complexity index is 758. The van der Waals surface area contributed by atoms with Gasteiger partial charge < -0.3 is 4.42 Å². The van der Waals surface area contributed by atoms with Crippen LogP contribution >= 0.6 is 0 Å². The van der Waals surface area contributed by atoms with Crippen molar-refractivity contribution < 1.29 is 4.42 Å². The highest BCUT2D eigenvalue weighted by atomic mass is 16.3. The van der Waals surface area contributed by atoms with Crippen molar-refractivity contribution in [2.45, 2.75) is 13.0 Å². The maximum absolute atomic E-state index is 5.14. The van der Waals surface area contributed by atoms with Gasteiger partial charge in [-0.3, -0.25) is 14.6 Å². The molecule has 0 atom stereocenters. The van der Waals surface area contributed by atoms with E-state index in [9.17, 15) is 0 Å². The lowest BCUT2D eigenvalue weighted by molar-refractivity contribution is 0.0926. The number of likely N-dealkylation sites (tertiary alicyclic amines) is 1. The zero-order chi connectivity index (χ0) is 15.6. The molecule has 0 bridgehead atoms. The van der Waals surface area contributed by atoms with Gasteiger partial charge in [0.15, 0.2) is 0 Å². The molecule has 3 aromatic rings. The average molecular weight is 308 g/mol. The molecule has 118 valence electrons. The molecule has 0 spiro atoms. The standard InChI is InChI=1S/C18H20N4O/c1-21-11-17(18(20-21)16-2-5-19-6-3-16)12-22-9-15(10-22)8-14-4-7-23-13-14/h2-7,11,13,15H,8-10,12H2,1H3. The number of furan rings is 1. The summed E-state index contributed by atoms with van der Waals surface area (Å²) in [5.74, 6) is 0.730. The van der Waals surface area contributed by atoms with Crippen LogP contribution in [0, 0.1) is 5.92 Å². The quantitative estimate of drug-likeness (QED) is 0.727. The van der Waals surface area contributed by atoms with Gasteiger partial charge in [-0.2, -0.15) is 5.10 Å². The van der Waals surface area contributed by atoms with Crippen molar-refractivity contribution in [3.05, 3.63) is 60.4 Å². The van der Waals surface area contributed by atoms with Gasteiger partial charge in [0.2, 0.25) is 0 Å². The number of aryl methyl sites for hydroxylation is 1. The summed E-state index contributed by atoms with van der Waals surface area (Å²) in [7, 11) is 1.98. The molecule has 5 nitrogen and oxygen atoms in total.